The van der Waals surface area contributed by atoms with Gasteiger partial charge in [-0.25, -0.2) is 0 Å². The zero-order chi connectivity index (χ0) is 13.8. The van der Waals surface area contributed by atoms with Crippen LogP contribution in [0.25, 0.3) is 0 Å². The first-order valence-electron chi connectivity index (χ1n) is 6.57. The number of carbonyl (C=O) groups excluding carboxylic acids is 1. The second-order valence-electron chi connectivity index (χ2n) is 5.03. The monoisotopic (exact) mass is 281 g/mol. The minimum atomic E-state index is 0.0270. The quantitative estimate of drug-likeness (QED) is 0.889. The topological polar surface area (TPSA) is 44.4 Å². The standard InChI is InChI=1S/C14H20ClN3O/c1-10-7-12(15)3-4-13(10)17-14(19)9-18-6-5-16-8-11(18)2/h3-4,7,11,16H,5-6,8-9H2,1-2H3,(H,17,19). The number of nitrogens with zero attached hydrogens (tertiary/aromatic N) is 1. The molecular weight excluding hydrogens is 262 g/mol. The summed E-state index contributed by atoms with van der Waals surface area (Å²) in [6.07, 6.45) is 0. The lowest BCUT2D eigenvalue weighted by molar-refractivity contribution is -0.118. The van der Waals surface area contributed by atoms with E-state index in [0.717, 1.165) is 30.9 Å². The van der Waals surface area contributed by atoms with Crippen LogP contribution in [0.15, 0.2) is 18.2 Å². The van der Waals surface area contributed by atoms with Gasteiger partial charge in [-0.2, -0.15) is 0 Å². The average Bonchev–Trinajstić information content (AvgIpc) is 2.36. The van der Waals surface area contributed by atoms with E-state index in [-0.39, 0.29) is 5.91 Å². The van der Waals surface area contributed by atoms with Crippen molar-refractivity contribution in [1.82, 2.24) is 10.2 Å². The van der Waals surface area contributed by atoms with Crippen LogP contribution >= 0.6 is 11.6 Å². The molecule has 0 radical (unpaired) electrons. The van der Waals surface area contributed by atoms with Gasteiger partial charge in [0.05, 0.1) is 6.54 Å². The molecule has 5 heteroatoms. The first-order valence-corrected chi connectivity index (χ1v) is 6.95. The van der Waals surface area contributed by atoms with Gasteiger partial charge in [-0.15, -0.1) is 0 Å². The number of amides is 1. The van der Waals surface area contributed by atoms with Gasteiger partial charge in [0.15, 0.2) is 0 Å². The van der Waals surface area contributed by atoms with E-state index in [4.69, 9.17) is 11.6 Å². The normalized spacial score (nSPS) is 20.3. The third kappa shape index (κ3) is 3.93. The Hall–Kier alpha value is -1.10. The van der Waals surface area contributed by atoms with Crippen LogP contribution < -0.4 is 10.6 Å². The van der Waals surface area contributed by atoms with Crippen molar-refractivity contribution in [3.05, 3.63) is 28.8 Å². The highest BCUT2D eigenvalue weighted by Crippen LogP contribution is 2.19. The van der Waals surface area contributed by atoms with E-state index in [9.17, 15) is 4.79 Å². The third-order valence-electron chi connectivity index (χ3n) is 3.45. The number of aryl methyl sites for hydroxylation is 1. The van der Waals surface area contributed by atoms with Gasteiger partial charge in [0.2, 0.25) is 5.91 Å². The molecule has 104 valence electrons. The zero-order valence-electron chi connectivity index (χ0n) is 11.4. The molecule has 0 bridgehead atoms. The number of benzene rings is 1. The summed E-state index contributed by atoms with van der Waals surface area (Å²) >= 11 is 5.90. The SMILES string of the molecule is Cc1cc(Cl)ccc1NC(=O)CN1CCNCC1C. The number of piperazine rings is 1. The molecule has 1 heterocycles. The van der Waals surface area contributed by atoms with Crippen LogP contribution in [0.1, 0.15) is 12.5 Å². The van der Waals surface area contributed by atoms with Crippen LogP contribution in [0, 0.1) is 6.92 Å². The molecule has 1 aromatic rings. The maximum absolute atomic E-state index is 12.1. The molecule has 1 atom stereocenters. The van der Waals surface area contributed by atoms with E-state index in [1.54, 1.807) is 6.07 Å². The van der Waals surface area contributed by atoms with Crippen molar-refractivity contribution in [3.8, 4) is 0 Å². The van der Waals surface area contributed by atoms with Crippen molar-refractivity contribution in [2.24, 2.45) is 0 Å². The Morgan fingerprint density at radius 2 is 2.37 bits per heavy atom. The van der Waals surface area contributed by atoms with Gasteiger partial charge >= 0.3 is 0 Å². The summed E-state index contributed by atoms with van der Waals surface area (Å²) < 4.78 is 0. The van der Waals surface area contributed by atoms with Crippen molar-refractivity contribution in [3.63, 3.8) is 0 Å². The largest absolute Gasteiger partial charge is 0.325 e. The van der Waals surface area contributed by atoms with Gasteiger partial charge in [-0.3, -0.25) is 9.69 Å². The highest BCUT2D eigenvalue weighted by molar-refractivity contribution is 6.30. The third-order valence-corrected chi connectivity index (χ3v) is 3.68. The molecule has 0 spiro atoms. The molecule has 0 saturated carbocycles. The van der Waals surface area contributed by atoms with Gasteiger partial charge in [-0.05, 0) is 37.6 Å². The van der Waals surface area contributed by atoms with Gasteiger partial charge < -0.3 is 10.6 Å². The van der Waals surface area contributed by atoms with Gasteiger partial charge in [0.1, 0.15) is 0 Å². The highest BCUT2D eigenvalue weighted by Gasteiger charge is 2.20. The van der Waals surface area contributed by atoms with Crippen LogP contribution in [0.4, 0.5) is 5.69 Å². The van der Waals surface area contributed by atoms with Crippen molar-refractivity contribution in [2.45, 2.75) is 19.9 Å². The van der Waals surface area contributed by atoms with Crippen molar-refractivity contribution >= 4 is 23.2 Å². The van der Waals surface area contributed by atoms with Crippen molar-refractivity contribution in [1.29, 1.82) is 0 Å². The molecule has 1 saturated heterocycles. The lowest BCUT2D eigenvalue weighted by Crippen LogP contribution is -2.52. The van der Waals surface area contributed by atoms with Crippen molar-refractivity contribution < 1.29 is 4.79 Å². The molecular formula is C14H20ClN3O. The summed E-state index contributed by atoms with van der Waals surface area (Å²) in [5.74, 6) is 0.0270. The first-order chi connectivity index (χ1) is 9.06. The van der Waals surface area contributed by atoms with E-state index < -0.39 is 0 Å². The van der Waals surface area contributed by atoms with Crippen molar-refractivity contribution in [2.75, 3.05) is 31.5 Å². The summed E-state index contributed by atoms with van der Waals surface area (Å²) in [5.41, 5.74) is 1.81. The maximum atomic E-state index is 12.1. The van der Waals surface area contributed by atoms with Crippen LogP contribution in [0.3, 0.4) is 0 Å². The van der Waals surface area contributed by atoms with E-state index >= 15 is 0 Å². The summed E-state index contributed by atoms with van der Waals surface area (Å²) in [6, 6.07) is 5.88. The molecule has 1 fully saturated rings. The molecule has 1 aliphatic rings. The summed E-state index contributed by atoms with van der Waals surface area (Å²) in [4.78, 5) is 14.2. The molecule has 1 amide bonds. The minimum Gasteiger partial charge on any atom is -0.325 e. The Balaban J connectivity index is 1.93. The Morgan fingerprint density at radius 1 is 1.58 bits per heavy atom. The number of hydrogen-bond acceptors (Lipinski definition) is 3. The fourth-order valence-electron chi connectivity index (χ4n) is 2.26. The molecule has 19 heavy (non-hydrogen) atoms. The first kappa shape index (κ1) is 14.3. The molecule has 2 rings (SSSR count). The van der Waals surface area contributed by atoms with Crippen LogP contribution in [-0.2, 0) is 4.79 Å². The Bertz CT molecular complexity index is 464. The highest BCUT2D eigenvalue weighted by atomic mass is 35.5. The molecule has 1 aromatic carbocycles. The van der Waals surface area contributed by atoms with E-state index in [2.05, 4.69) is 22.5 Å². The van der Waals surface area contributed by atoms with E-state index in [0.29, 0.717) is 17.6 Å². The predicted octanol–water partition coefficient (Wildman–Crippen LogP) is 1.88. The van der Waals surface area contributed by atoms with E-state index in [1.165, 1.54) is 0 Å². The smallest absolute Gasteiger partial charge is 0.238 e. The fourth-order valence-corrected chi connectivity index (χ4v) is 2.49. The Morgan fingerprint density at radius 3 is 3.05 bits per heavy atom. The number of hydrogen-bond donors (Lipinski definition) is 2. The Labute approximate surface area is 119 Å². The van der Waals surface area contributed by atoms with Gasteiger partial charge in [0.25, 0.3) is 0 Å². The number of rotatable bonds is 3. The van der Waals surface area contributed by atoms with Crippen LogP contribution in [-0.4, -0.2) is 43.0 Å². The number of anilines is 1. The average molecular weight is 282 g/mol. The molecule has 1 aliphatic heterocycles. The predicted molar refractivity (Wildman–Crippen MR) is 78.7 cm³/mol. The molecule has 1 unspecified atom stereocenters. The van der Waals surface area contributed by atoms with E-state index in [1.807, 2.05) is 19.1 Å². The number of nitrogens with one attached hydrogen (secondary N) is 2. The zero-order valence-corrected chi connectivity index (χ0v) is 12.1. The van der Waals surface area contributed by atoms with Gasteiger partial charge in [0, 0.05) is 36.4 Å². The maximum Gasteiger partial charge on any atom is 0.238 e. The second-order valence-corrected chi connectivity index (χ2v) is 5.47. The number of halogens is 1. The minimum absolute atomic E-state index is 0.0270. The lowest BCUT2D eigenvalue weighted by atomic mass is 10.2. The summed E-state index contributed by atoms with van der Waals surface area (Å²) in [5, 5.41) is 6.95. The van der Waals surface area contributed by atoms with Crippen LogP contribution in [0.5, 0.6) is 0 Å². The summed E-state index contributed by atoms with van der Waals surface area (Å²) in [6.45, 7) is 7.30. The van der Waals surface area contributed by atoms with Gasteiger partial charge in [-0.1, -0.05) is 11.6 Å². The number of carbonyl (C=O) groups is 1. The second kappa shape index (κ2) is 6.37. The van der Waals surface area contributed by atoms with Crippen LogP contribution in [0.2, 0.25) is 5.02 Å². The molecule has 2 N–H and O–H groups in total. The fraction of sp³-hybridized carbons (Fsp3) is 0.500. The molecule has 0 aromatic heterocycles. The Kier molecular flexibility index (Phi) is 4.80. The molecule has 0 aliphatic carbocycles. The molecule has 4 nitrogen and oxygen atoms in total. The lowest BCUT2D eigenvalue weighted by Gasteiger charge is -2.33. The summed E-state index contributed by atoms with van der Waals surface area (Å²) in [7, 11) is 0.